The maximum atomic E-state index is 11.7. The van der Waals surface area contributed by atoms with Crippen molar-refractivity contribution in [1.29, 1.82) is 0 Å². The van der Waals surface area contributed by atoms with Gasteiger partial charge < -0.3 is 11.1 Å². The van der Waals surface area contributed by atoms with E-state index in [2.05, 4.69) is 5.32 Å². The number of carbonyl (C=O) groups is 1. The Hall–Kier alpha value is -1.41. The summed E-state index contributed by atoms with van der Waals surface area (Å²) in [5.41, 5.74) is 7.55. The van der Waals surface area contributed by atoms with E-state index in [0.717, 1.165) is 11.8 Å². The first-order chi connectivity index (χ1) is 9.17. The zero-order chi connectivity index (χ0) is 15.3. The number of nitrogen functional groups attached to an aromatic ring is 1. The van der Waals surface area contributed by atoms with Gasteiger partial charge >= 0.3 is 0 Å². The summed E-state index contributed by atoms with van der Waals surface area (Å²) >= 11 is 0. The quantitative estimate of drug-likeness (QED) is 0.734. The number of aryl methyl sites for hydroxylation is 1. The maximum absolute atomic E-state index is 11.7. The van der Waals surface area contributed by atoms with Crippen molar-refractivity contribution in [3.63, 3.8) is 0 Å². The van der Waals surface area contributed by atoms with Crippen LogP contribution in [-0.2, 0) is 25.4 Å². The third kappa shape index (κ3) is 6.16. The van der Waals surface area contributed by atoms with Gasteiger partial charge in [-0.2, -0.15) is 0 Å². The van der Waals surface area contributed by atoms with Crippen LogP contribution in [0, 0.1) is 6.92 Å². The topological polar surface area (TPSA) is 106 Å². The standard InChI is InChI=1S/C12H18N2O4S2/c1-9-3-4-10(13)7-11(9)14-12(15)8-19(16)5-6-20(2,17)18/h3-4,7H,5-6,8,13H2,1-2H3,(H,14,15). The maximum Gasteiger partial charge on any atom is 0.236 e. The second kappa shape index (κ2) is 6.85. The van der Waals surface area contributed by atoms with E-state index in [1.807, 2.05) is 6.92 Å². The molecule has 6 nitrogen and oxygen atoms in total. The molecule has 1 aromatic rings. The predicted molar refractivity (Wildman–Crippen MR) is 81.8 cm³/mol. The van der Waals surface area contributed by atoms with Crippen LogP contribution in [-0.4, -0.2) is 42.0 Å². The summed E-state index contributed by atoms with van der Waals surface area (Å²) in [7, 11) is -4.67. The number of nitrogens with two attached hydrogens (primary N) is 1. The Kier molecular flexibility index (Phi) is 5.70. The van der Waals surface area contributed by atoms with Gasteiger partial charge in [0.15, 0.2) is 0 Å². The van der Waals surface area contributed by atoms with Gasteiger partial charge in [-0.1, -0.05) is 6.07 Å². The molecule has 8 heteroatoms. The van der Waals surface area contributed by atoms with Crippen molar-refractivity contribution in [3.8, 4) is 0 Å². The van der Waals surface area contributed by atoms with Gasteiger partial charge in [0, 0.05) is 34.2 Å². The molecule has 1 aromatic carbocycles. The second-order valence-corrected chi connectivity index (χ2v) is 8.38. The minimum Gasteiger partial charge on any atom is -0.399 e. The van der Waals surface area contributed by atoms with Crippen molar-refractivity contribution in [2.75, 3.05) is 34.6 Å². The summed E-state index contributed by atoms with van der Waals surface area (Å²) in [4.78, 5) is 11.7. The molecule has 3 N–H and O–H groups in total. The summed E-state index contributed by atoms with van der Waals surface area (Å²) in [5.74, 6) is -0.888. The first kappa shape index (κ1) is 16.6. The van der Waals surface area contributed by atoms with Crippen LogP contribution >= 0.6 is 0 Å². The first-order valence-electron chi connectivity index (χ1n) is 5.86. The lowest BCUT2D eigenvalue weighted by atomic mass is 10.2. The Labute approximate surface area is 121 Å². The van der Waals surface area contributed by atoms with Crippen molar-refractivity contribution in [2.45, 2.75) is 6.92 Å². The molecule has 20 heavy (non-hydrogen) atoms. The number of hydrogen-bond acceptors (Lipinski definition) is 5. The zero-order valence-corrected chi connectivity index (χ0v) is 13.0. The molecule has 1 rings (SSSR count). The van der Waals surface area contributed by atoms with E-state index in [1.165, 1.54) is 0 Å². The summed E-state index contributed by atoms with van der Waals surface area (Å²) in [6.45, 7) is 1.82. The SMILES string of the molecule is Cc1ccc(N)cc1NC(=O)CS(=O)CCS(C)(=O)=O. The Bertz CT molecular complexity index is 626. The van der Waals surface area contributed by atoms with Gasteiger partial charge in [0.1, 0.15) is 15.6 Å². The van der Waals surface area contributed by atoms with Crippen LogP contribution in [0.3, 0.4) is 0 Å². The molecule has 0 saturated carbocycles. The second-order valence-electron chi connectivity index (χ2n) is 4.54. The van der Waals surface area contributed by atoms with E-state index in [1.54, 1.807) is 18.2 Å². The lowest BCUT2D eigenvalue weighted by Crippen LogP contribution is -2.23. The van der Waals surface area contributed by atoms with Crippen molar-refractivity contribution in [2.24, 2.45) is 0 Å². The van der Waals surface area contributed by atoms with E-state index in [0.29, 0.717) is 11.4 Å². The molecular formula is C12H18N2O4S2. The molecule has 0 aliphatic carbocycles. The fourth-order valence-electron chi connectivity index (χ4n) is 1.42. The van der Waals surface area contributed by atoms with Crippen molar-refractivity contribution in [3.05, 3.63) is 23.8 Å². The molecule has 1 unspecified atom stereocenters. The van der Waals surface area contributed by atoms with Crippen LogP contribution in [0.2, 0.25) is 0 Å². The highest BCUT2D eigenvalue weighted by molar-refractivity contribution is 7.92. The highest BCUT2D eigenvalue weighted by Crippen LogP contribution is 2.17. The monoisotopic (exact) mass is 318 g/mol. The minimum absolute atomic E-state index is 0.0395. The summed E-state index contributed by atoms with van der Waals surface area (Å²) < 4.78 is 33.5. The van der Waals surface area contributed by atoms with Gasteiger partial charge in [-0.25, -0.2) is 8.42 Å². The number of sulfone groups is 1. The summed E-state index contributed by atoms with van der Waals surface area (Å²) in [6.07, 6.45) is 1.07. The molecule has 0 spiro atoms. The van der Waals surface area contributed by atoms with E-state index in [4.69, 9.17) is 5.73 Å². The number of benzene rings is 1. The number of amides is 1. The molecule has 1 amide bonds. The molecule has 0 aliphatic heterocycles. The fourth-order valence-corrected chi connectivity index (χ4v) is 3.89. The van der Waals surface area contributed by atoms with Crippen molar-refractivity contribution < 1.29 is 17.4 Å². The van der Waals surface area contributed by atoms with Gasteiger partial charge in [0.2, 0.25) is 5.91 Å². The molecule has 0 fully saturated rings. The molecule has 0 heterocycles. The lowest BCUT2D eigenvalue weighted by Gasteiger charge is -2.09. The van der Waals surface area contributed by atoms with E-state index < -0.39 is 26.5 Å². The normalized spacial score (nSPS) is 12.9. The van der Waals surface area contributed by atoms with Crippen LogP contribution in [0.25, 0.3) is 0 Å². The molecule has 1 atom stereocenters. The number of carbonyl (C=O) groups excluding carboxylic acids is 1. The minimum atomic E-state index is -3.17. The highest BCUT2D eigenvalue weighted by Gasteiger charge is 2.12. The number of anilines is 2. The zero-order valence-electron chi connectivity index (χ0n) is 11.4. The lowest BCUT2D eigenvalue weighted by molar-refractivity contribution is -0.113. The number of hydrogen-bond donors (Lipinski definition) is 2. The molecule has 0 aromatic heterocycles. The molecule has 112 valence electrons. The molecule has 0 saturated heterocycles. The Morgan fingerprint density at radius 1 is 1.40 bits per heavy atom. The molecule has 0 aliphatic rings. The largest absolute Gasteiger partial charge is 0.399 e. The Balaban J connectivity index is 2.55. The van der Waals surface area contributed by atoms with Gasteiger partial charge in [-0.15, -0.1) is 0 Å². The van der Waals surface area contributed by atoms with Gasteiger partial charge in [-0.05, 0) is 24.6 Å². The van der Waals surface area contributed by atoms with Crippen LogP contribution < -0.4 is 11.1 Å². The fraction of sp³-hybridized carbons (Fsp3) is 0.417. The third-order valence-corrected chi connectivity index (χ3v) is 4.96. The van der Waals surface area contributed by atoms with Gasteiger partial charge in [0.25, 0.3) is 0 Å². The molecule has 0 bridgehead atoms. The van der Waals surface area contributed by atoms with Crippen molar-refractivity contribution >= 4 is 37.9 Å². The van der Waals surface area contributed by atoms with Crippen molar-refractivity contribution in [1.82, 2.24) is 0 Å². The van der Waals surface area contributed by atoms with Gasteiger partial charge in [0.05, 0.1) is 5.75 Å². The van der Waals surface area contributed by atoms with E-state index >= 15 is 0 Å². The van der Waals surface area contributed by atoms with Gasteiger partial charge in [-0.3, -0.25) is 9.00 Å². The van der Waals surface area contributed by atoms with Crippen LogP contribution in [0.15, 0.2) is 18.2 Å². The summed E-state index contributed by atoms with van der Waals surface area (Å²) in [5, 5.41) is 2.62. The smallest absolute Gasteiger partial charge is 0.236 e. The molecule has 0 radical (unpaired) electrons. The average Bonchev–Trinajstić information content (AvgIpc) is 2.30. The van der Waals surface area contributed by atoms with Crippen LogP contribution in [0.4, 0.5) is 11.4 Å². The predicted octanol–water partition coefficient (Wildman–Crippen LogP) is 0.309. The van der Waals surface area contributed by atoms with E-state index in [9.17, 15) is 17.4 Å². The molecular weight excluding hydrogens is 300 g/mol. The highest BCUT2D eigenvalue weighted by atomic mass is 32.2. The number of nitrogens with one attached hydrogen (secondary N) is 1. The Morgan fingerprint density at radius 2 is 2.05 bits per heavy atom. The number of rotatable bonds is 6. The van der Waals surface area contributed by atoms with Crippen LogP contribution in [0.5, 0.6) is 0 Å². The first-order valence-corrected chi connectivity index (χ1v) is 9.41. The Morgan fingerprint density at radius 3 is 2.65 bits per heavy atom. The van der Waals surface area contributed by atoms with E-state index in [-0.39, 0.29) is 17.3 Å². The van der Waals surface area contributed by atoms with Crippen LogP contribution in [0.1, 0.15) is 5.56 Å². The average molecular weight is 318 g/mol. The summed E-state index contributed by atoms with van der Waals surface area (Å²) in [6, 6.07) is 5.10. The third-order valence-electron chi connectivity index (χ3n) is 2.51.